The van der Waals surface area contributed by atoms with Gasteiger partial charge in [0.05, 0.1) is 13.7 Å². The van der Waals surface area contributed by atoms with Crippen molar-refractivity contribution in [3.63, 3.8) is 0 Å². The van der Waals surface area contributed by atoms with Crippen LogP contribution in [0.25, 0.3) is 11.6 Å². The van der Waals surface area contributed by atoms with Gasteiger partial charge in [-0.3, -0.25) is 4.79 Å². The van der Waals surface area contributed by atoms with Crippen LogP contribution >= 0.6 is 11.6 Å². The predicted octanol–water partition coefficient (Wildman–Crippen LogP) is 5.08. The number of benzene rings is 3. The van der Waals surface area contributed by atoms with Crippen LogP contribution in [0.1, 0.15) is 11.1 Å². The number of nitrogens with one attached hydrogen (secondary N) is 1. The second-order valence-corrected chi connectivity index (χ2v) is 6.61. The van der Waals surface area contributed by atoms with Crippen LogP contribution in [0.15, 0.2) is 78.9 Å². The summed E-state index contributed by atoms with van der Waals surface area (Å²) in [5.41, 5.74) is 2.14. The molecule has 0 heterocycles. The van der Waals surface area contributed by atoms with E-state index < -0.39 is 0 Å². The van der Waals surface area contributed by atoms with E-state index in [1.165, 1.54) is 0 Å². The van der Waals surface area contributed by atoms with Crippen molar-refractivity contribution in [1.82, 2.24) is 5.32 Å². The van der Waals surface area contributed by atoms with E-state index >= 15 is 0 Å². The topological polar surface area (TPSA) is 47.6 Å². The van der Waals surface area contributed by atoms with Crippen LogP contribution in [-0.2, 0) is 4.79 Å². The summed E-state index contributed by atoms with van der Waals surface area (Å²) in [7, 11) is 1.59. The van der Waals surface area contributed by atoms with E-state index in [-0.39, 0.29) is 5.91 Å². The maximum Gasteiger partial charge on any atom is 0.252 e. The first kappa shape index (κ1) is 20.5. The van der Waals surface area contributed by atoms with Crippen LogP contribution in [0.3, 0.4) is 0 Å². The normalized spacial score (nSPS) is 11.0. The van der Waals surface area contributed by atoms with Gasteiger partial charge in [0.25, 0.3) is 5.91 Å². The van der Waals surface area contributed by atoms with Gasteiger partial charge in [0, 0.05) is 10.6 Å². The smallest absolute Gasteiger partial charge is 0.252 e. The summed E-state index contributed by atoms with van der Waals surface area (Å²) in [5, 5.41) is 3.50. The third-order valence-electron chi connectivity index (χ3n) is 4.25. The molecule has 0 spiro atoms. The van der Waals surface area contributed by atoms with Crippen molar-refractivity contribution in [2.24, 2.45) is 0 Å². The molecular formula is C24H22ClNO3. The fourth-order valence-electron chi connectivity index (χ4n) is 2.80. The lowest BCUT2D eigenvalue weighted by atomic mass is 10.0. The number of carbonyl (C=O) groups is 1. The summed E-state index contributed by atoms with van der Waals surface area (Å²) in [4.78, 5) is 12.9. The van der Waals surface area contributed by atoms with Gasteiger partial charge in [0.1, 0.15) is 6.61 Å². The molecule has 3 rings (SSSR count). The third kappa shape index (κ3) is 5.62. The summed E-state index contributed by atoms with van der Waals surface area (Å²) in [5.74, 6) is 1.10. The summed E-state index contributed by atoms with van der Waals surface area (Å²) >= 11 is 6.28. The molecule has 1 amide bonds. The van der Waals surface area contributed by atoms with E-state index in [2.05, 4.69) is 5.32 Å². The molecule has 5 heteroatoms. The number of para-hydroxylation sites is 2. The minimum absolute atomic E-state index is 0.195. The molecule has 0 saturated heterocycles. The molecular weight excluding hydrogens is 386 g/mol. The molecule has 0 fully saturated rings. The number of methoxy groups -OCH3 is 1. The van der Waals surface area contributed by atoms with Crippen molar-refractivity contribution in [3.05, 3.63) is 95.0 Å². The Bertz CT molecular complexity index is 986. The van der Waals surface area contributed by atoms with Crippen LogP contribution in [0.5, 0.6) is 11.5 Å². The first-order valence-corrected chi connectivity index (χ1v) is 9.62. The first-order chi connectivity index (χ1) is 14.2. The maximum atomic E-state index is 12.9. The van der Waals surface area contributed by atoms with Crippen molar-refractivity contribution in [3.8, 4) is 11.5 Å². The van der Waals surface area contributed by atoms with E-state index in [1.54, 1.807) is 19.3 Å². The lowest BCUT2D eigenvalue weighted by Crippen LogP contribution is -2.28. The van der Waals surface area contributed by atoms with Crippen molar-refractivity contribution in [2.45, 2.75) is 0 Å². The predicted molar refractivity (Wildman–Crippen MR) is 117 cm³/mol. The Hall–Kier alpha value is -3.24. The molecule has 0 aliphatic rings. The Morgan fingerprint density at radius 3 is 2.31 bits per heavy atom. The van der Waals surface area contributed by atoms with Crippen molar-refractivity contribution in [2.75, 3.05) is 20.3 Å². The summed E-state index contributed by atoms with van der Waals surface area (Å²) in [6, 6.07) is 24.3. The van der Waals surface area contributed by atoms with Gasteiger partial charge in [0.15, 0.2) is 11.5 Å². The van der Waals surface area contributed by atoms with Gasteiger partial charge in [-0.1, -0.05) is 72.3 Å². The highest BCUT2D eigenvalue weighted by atomic mass is 35.5. The Kier molecular flexibility index (Phi) is 7.31. The molecule has 1 N–H and O–H groups in total. The average Bonchev–Trinajstić information content (AvgIpc) is 2.77. The quantitative estimate of drug-likeness (QED) is 0.321. The van der Waals surface area contributed by atoms with Gasteiger partial charge in [-0.05, 0) is 35.4 Å². The van der Waals surface area contributed by atoms with Gasteiger partial charge >= 0.3 is 0 Å². The van der Waals surface area contributed by atoms with Gasteiger partial charge in [-0.15, -0.1) is 0 Å². The van der Waals surface area contributed by atoms with Gasteiger partial charge < -0.3 is 14.8 Å². The SMILES string of the molecule is COc1ccccc1OCCNC(=O)/C(=C/c1ccccc1Cl)c1ccccc1. The Morgan fingerprint density at radius 1 is 0.931 bits per heavy atom. The molecule has 29 heavy (non-hydrogen) atoms. The number of hydrogen-bond donors (Lipinski definition) is 1. The zero-order valence-electron chi connectivity index (χ0n) is 16.1. The highest BCUT2D eigenvalue weighted by Crippen LogP contribution is 2.26. The van der Waals surface area contributed by atoms with Crippen LogP contribution in [0.4, 0.5) is 0 Å². The summed E-state index contributed by atoms with van der Waals surface area (Å²) < 4.78 is 11.0. The minimum Gasteiger partial charge on any atom is -0.493 e. The van der Waals surface area contributed by atoms with Crippen molar-refractivity contribution in [1.29, 1.82) is 0 Å². The Labute approximate surface area is 175 Å². The summed E-state index contributed by atoms with van der Waals surface area (Å²) in [6.45, 7) is 0.670. The van der Waals surface area contributed by atoms with E-state index in [0.29, 0.717) is 35.2 Å². The fraction of sp³-hybridized carbons (Fsp3) is 0.125. The molecule has 0 aromatic heterocycles. The van der Waals surface area contributed by atoms with Crippen LogP contribution in [0, 0.1) is 0 Å². The zero-order chi connectivity index (χ0) is 20.5. The average molecular weight is 408 g/mol. The Morgan fingerprint density at radius 2 is 1.59 bits per heavy atom. The second-order valence-electron chi connectivity index (χ2n) is 6.20. The number of amides is 1. The monoisotopic (exact) mass is 407 g/mol. The molecule has 0 aliphatic heterocycles. The molecule has 0 aliphatic carbocycles. The van der Waals surface area contributed by atoms with Crippen molar-refractivity contribution >= 4 is 29.2 Å². The third-order valence-corrected chi connectivity index (χ3v) is 4.59. The molecule has 0 unspecified atom stereocenters. The number of carbonyl (C=O) groups excluding carboxylic acids is 1. The van der Waals surface area contributed by atoms with Crippen LogP contribution in [-0.4, -0.2) is 26.2 Å². The summed E-state index contributed by atoms with van der Waals surface area (Å²) in [6.07, 6.45) is 1.80. The second kappa shape index (κ2) is 10.3. The highest BCUT2D eigenvalue weighted by Gasteiger charge is 2.13. The number of hydrogen-bond acceptors (Lipinski definition) is 3. The molecule has 148 valence electrons. The van der Waals surface area contributed by atoms with E-state index in [4.69, 9.17) is 21.1 Å². The van der Waals surface area contributed by atoms with E-state index in [0.717, 1.165) is 11.1 Å². The van der Waals surface area contributed by atoms with Gasteiger partial charge in [-0.2, -0.15) is 0 Å². The lowest BCUT2D eigenvalue weighted by molar-refractivity contribution is -0.115. The highest BCUT2D eigenvalue weighted by molar-refractivity contribution is 6.33. The fourth-order valence-corrected chi connectivity index (χ4v) is 2.99. The largest absolute Gasteiger partial charge is 0.493 e. The van der Waals surface area contributed by atoms with Crippen LogP contribution < -0.4 is 14.8 Å². The standard InChI is InChI=1S/C24H22ClNO3/c1-28-22-13-7-8-14-23(22)29-16-15-26-24(27)20(18-9-3-2-4-10-18)17-19-11-5-6-12-21(19)25/h2-14,17H,15-16H2,1H3,(H,26,27)/b20-17+. The molecule has 3 aromatic carbocycles. The van der Waals surface area contributed by atoms with Gasteiger partial charge in [0.2, 0.25) is 0 Å². The zero-order valence-corrected chi connectivity index (χ0v) is 16.9. The van der Waals surface area contributed by atoms with Crippen molar-refractivity contribution < 1.29 is 14.3 Å². The molecule has 0 saturated carbocycles. The number of ether oxygens (including phenoxy) is 2. The molecule has 3 aromatic rings. The number of rotatable bonds is 8. The Balaban J connectivity index is 1.70. The van der Waals surface area contributed by atoms with Crippen LogP contribution in [0.2, 0.25) is 5.02 Å². The molecule has 0 radical (unpaired) electrons. The molecule has 0 atom stereocenters. The minimum atomic E-state index is -0.195. The molecule has 4 nitrogen and oxygen atoms in total. The molecule has 0 bridgehead atoms. The maximum absolute atomic E-state index is 12.9. The lowest BCUT2D eigenvalue weighted by Gasteiger charge is -2.12. The van der Waals surface area contributed by atoms with E-state index in [9.17, 15) is 4.79 Å². The number of halogens is 1. The van der Waals surface area contributed by atoms with E-state index in [1.807, 2.05) is 72.8 Å². The van der Waals surface area contributed by atoms with Gasteiger partial charge in [-0.25, -0.2) is 0 Å². The first-order valence-electron chi connectivity index (χ1n) is 9.24.